The smallest absolute Gasteiger partial charge is 0.222 e. The highest BCUT2D eigenvalue weighted by molar-refractivity contribution is 9.11. The Morgan fingerprint density at radius 1 is 0.875 bits per heavy atom. The van der Waals surface area contributed by atoms with Crippen LogP contribution in [0.1, 0.15) is 11.1 Å². The first-order chi connectivity index (χ1) is 14.3. The van der Waals surface area contributed by atoms with Crippen LogP contribution >= 0.6 is 15.9 Å². The van der Waals surface area contributed by atoms with Crippen LogP contribution in [0, 0.1) is 17.8 Å². The Morgan fingerprint density at radius 2 is 1.38 bits per heavy atom. The van der Waals surface area contributed by atoms with Gasteiger partial charge >= 0.3 is 23.5 Å². The Bertz CT molecular complexity index is 1110. The summed E-state index contributed by atoms with van der Waals surface area (Å²) in [5.41, 5.74) is -19.1. The molecule has 0 heterocycles. The van der Waals surface area contributed by atoms with Crippen LogP contribution in [0.15, 0.2) is 45.8 Å². The van der Waals surface area contributed by atoms with Crippen molar-refractivity contribution in [2.24, 2.45) is 0 Å². The summed E-state index contributed by atoms with van der Waals surface area (Å²) in [5, 5.41) is 9.16. The lowest BCUT2D eigenvalue weighted by molar-refractivity contribution is -0.354. The number of nitrogens with zero attached hydrogens (tertiary/aromatic N) is 1. The standard InChI is InChI=1S/C17H7BrF10NO2S/c18-10-5-11(32(30,31)17(26,27)28)7-13(6-10,12-4-2-1-3-9(12)8-29)14(19,15(20,21)22)16(23,24)25/h1-7H. The third kappa shape index (κ3) is 3.81. The predicted octanol–water partition coefficient (Wildman–Crippen LogP) is 5.94. The third-order valence-corrected chi connectivity index (χ3v) is 6.40. The van der Waals surface area contributed by atoms with Crippen molar-refractivity contribution in [1.82, 2.24) is 0 Å². The Hall–Kier alpha value is -2.08. The Labute approximate surface area is 182 Å². The van der Waals surface area contributed by atoms with Crippen molar-refractivity contribution in [3.8, 4) is 6.07 Å². The lowest BCUT2D eigenvalue weighted by Gasteiger charge is -2.45. The molecule has 0 aliphatic heterocycles. The van der Waals surface area contributed by atoms with Crippen molar-refractivity contribution >= 4 is 25.8 Å². The molecular formula is C17H7BrF10NO2S. The molecular weight excluding hydrogens is 552 g/mol. The fourth-order valence-electron chi connectivity index (χ4n) is 3.10. The maximum absolute atomic E-state index is 15.4. The lowest BCUT2D eigenvalue weighted by Crippen LogP contribution is -2.65. The molecule has 2 rings (SSSR count). The number of rotatable bonds is 3. The molecule has 0 N–H and O–H groups in total. The number of sulfone groups is 1. The summed E-state index contributed by atoms with van der Waals surface area (Å²) < 4.78 is 159. The zero-order chi connectivity index (χ0) is 25.0. The second-order valence-electron chi connectivity index (χ2n) is 6.35. The SMILES string of the molecule is N#Cc1ccccc1C1(C(F)(C(F)(F)F)C(F)(F)F)C=C(Br)[CH]C(S(=O)(=O)C(F)(F)F)=C1. The largest absolute Gasteiger partial charge is 0.501 e. The summed E-state index contributed by atoms with van der Waals surface area (Å²) in [5.74, 6) is 0. The maximum atomic E-state index is 15.4. The molecule has 0 saturated heterocycles. The number of nitriles is 1. The van der Waals surface area contributed by atoms with Crippen molar-refractivity contribution in [2.45, 2.75) is 28.9 Å². The maximum Gasteiger partial charge on any atom is 0.501 e. The molecule has 0 amide bonds. The van der Waals surface area contributed by atoms with E-state index in [2.05, 4.69) is 15.9 Å². The van der Waals surface area contributed by atoms with Crippen molar-refractivity contribution in [3.05, 3.63) is 63.4 Å². The van der Waals surface area contributed by atoms with Crippen LogP contribution in [-0.2, 0) is 15.3 Å². The number of halogens is 11. The summed E-state index contributed by atoms with van der Waals surface area (Å²) in [6, 6.07) is 4.16. The first-order valence-electron chi connectivity index (χ1n) is 7.85. The molecule has 0 saturated carbocycles. The minimum atomic E-state index is -6.82. The number of alkyl halides is 10. The van der Waals surface area contributed by atoms with Crippen molar-refractivity contribution in [3.63, 3.8) is 0 Å². The summed E-state index contributed by atoms with van der Waals surface area (Å²) in [6.45, 7) is 0. The van der Waals surface area contributed by atoms with Gasteiger partial charge in [-0.05, 0) is 11.6 Å². The predicted molar refractivity (Wildman–Crippen MR) is 93.2 cm³/mol. The monoisotopic (exact) mass is 558 g/mol. The fraction of sp³-hybridized carbons (Fsp3) is 0.294. The number of allylic oxidation sites excluding steroid dienone is 4. The van der Waals surface area contributed by atoms with E-state index < -0.39 is 65.4 Å². The molecule has 1 radical (unpaired) electrons. The lowest BCUT2D eigenvalue weighted by atomic mass is 9.64. The number of hydrogen-bond acceptors (Lipinski definition) is 3. The average molecular weight is 559 g/mol. The summed E-state index contributed by atoms with van der Waals surface area (Å²) in [7, 11) is -6.53. The number of hydrogen-bond donors (Lipinski definition) is 0. The Balaban J connectivity index is 3.19. The molecule has 1 aromatic rings. The molecule has 1 aliphatic carbocycles. The topological polar surface area (TPSA) is 57.9 Å². The highest BCUT2D eigenvalue weighted by atomic mass is 79.9. The third-order valence-electron chi connectivity index (χ3n) is 4.48. The van der Waals surface area contributed by atoms with E-state index in [0.29, 0.717) is 12.1 Å². The first kappa shape index (κ1) is 26.2. The van der Waals surface area contributed by atoms with E-state index >= 15 is 4.39 Å². The normalized spacial score (nSPS) is 20.9. The Kier molecular flexibility index (Phi) is 6.34. The van der Waals surface area contributed by atoms with Gasteiger partial charge in [0.15, 0.2) is 0 Å². The minimum Gasteiger partial charge on any atom is -0.222 e. The molecule has 32 heavy (non-hydrogen) atoms. The first-order valence-corrected chi connectivity index (χ1v) is 10.1. The summed E-state index contributed by atoms with van der Waals surface area (Å²) in [6.07, 6.45) is -14.3. The van der Waals surface area contributed by atoms with Gasteiger partial charge in [0.1, 0.15) is 0 Å². The minimum absolute atomic E-state index is 0.0726. The van der Waals surface area contributed by atoms with E-state index in [1.807, 2.05) is 0 Å². The van der Waals surface area contributed by atoms with Crippen LogP contribution in [-0.4, -0.2) is 31.9 Å². The fourth-order valence-corrected chi connectivity index (χ4v) is 4.75. The molecule has 1 unspecified atom stereocenters. The van der Waals surface area contributed by atoms with Crippen LogP contribution in [0.5, 0.6) is 0 Å². The zero-order valence-electron chi connectivity index (χ0n) is 14.9. The molecule has 1 aliphatic rings. The molecule has 3 nitrogen and oxygen atoms in total. The van der Waals surface area contributed by atoms with Gasteiger partial charge in [-0.3, -0.25) is 0 Å². The van der Waals surface area contributed by atoms with Crippen LogP contribution in [0.3, 0.4) is 0 Å². The van der Waals surface area contributed by atoms with Crippen molar-refractivity contribution in [2.75, 3.05) is 0 Å². The van der Waals surface area contributed by atoms with E-state index in [4.69, 9.17) is 5.26 Å². The van der Waals surface area contributed by atoms with E-state index in [0.717, 1.165) is 12.1 Å². The second kappa shape index (κ2) is 7.75. The average Bonchev–Trinajstić information content (AvgIpc) is 2.63. The molecule has 0 spiro atoms. The number of benzene rings is 1. The summed E-state index contributed by atoms with van der Waals surface area (Å²) >= 11 is 2.38. The second-order valence-corrected chi connectivity index (χ2v) is 9.21. The van der Waals surface area contributed by atoms with Gasteiger partial charge in [0.25, 0.3) is 9.84 Å². The van der Waals surface area contributed by atoms with Gasteiger partial charge in [0, 0.05) is 10.9 Å². The highest BCUT2D eigenvalue weighted by Gasteiger charge is 2.81. The van der Waals surface area contributed by atoms with Crippen LogP contribution < -0.4 is 0 Å². The quantitative estimate of drug-likeness (QED) is 0.431. The molecule has 0 fully saturated rings. The molecule has 0 aromatic heterocycles. The summed E-state index contributed by atoms with van der Waals surface area (Å²) in [4.78, 5) is -2.08. The van der Waals surface area contributed by atoms with Gasteiger partial charge in [-0.15, -0.1) is 0 Å². The van der Waals surface area contributed by atoms with Gasteiger partial charge in [0.2, 0.25) is 0 Å². The van der Waals surface area contributed by atoms with Crippen LogP contribution in [0.2, 0.25) is 0 Å². The molecule has 15 heteroatoms. The molecule has 1 atom stereocenters. The molecule has 175 valence electrons. The van der Waals surface area contributed by atoms with Gasteiger partial charge in [-0.25, -0.2) is 12.8 Å². The van der Waals surface area contributed by atoms with E-state index in [9.17, 15) is 47.9 Å². The van der Waals surface area contributed by atoms with Crippen LogP contribution in [0.4, 0.5) is 43.9 Å². The van der Waals surface area contributed by atoms with E-state index in [1.165, 1.54) is 6.07 Å². The zero-order valence-corrected chi connectivity index (χ0v) is 17.3. The van der Waals surface area contributed by atoms with Gasteiger partial charge in [0.05, 0.1) is 22.0 Å². The highest BCUT2D eigenvalue weighted by Crippen LogP contribution is 2.61. The van der Waals surface area contributed by atoms with Crippen LogP contribution in [0.25, 0.3) is 0 Å². The van der Waals surface area contributed by atoms with Gasteiger partial charge in [-0.1, -0.05) is 46.3 Å². The van der Waals surface area contributed by atoms with Gasteiger partial charge < -0.3 is 0 Å². The van der Waals surface area contributed by atoms with E-state index in [1.54, 1.807) is 0 Å². The van der Waals surface area contributed by atoms with Crippen molar-refractivity contribution in [1.29, 1.82) is 5.26 Å². The van der Waals surface area contributed by atoms with E-state index in [-0.39, 0.29) is 12.5 Å². The van der Waals surface area contributed by atoms with Crippen molar-refractivity contribution < 1.29 is 52.3 Å². The molecule has 0 bridgehead atoms. The molecule has 1 aromatic carbocycles. The Morgan fingerprint density at radius 3 is 1.81 bits per heavy atom. The van der Waals surface area contributed by atoms with Gasteiger partial charge in [-0.2, -0.15) is 44.8 Å².